The molecule has 3 aromatic heterocycles. The minimum Gasteiger partial charge on any atom is -0.507 e. The number of nitrogens with zero attached hydrogens (tertiary/aromatic N) is 5. The number of allylic oxidation sites excluding steroid dienone is 2. The van der Waals surface area contributed by atoms with E-state index in [0.29, 0.717) is 30.3 Å². The summed E-state index contributed by atoms with van der Waals surface area (Å²) < 4.78 is 4.11. The van der Waals surface area contributed by atoms with Crippen LogP contribution in [0, 0.1) is 0 Å². The number of piperidine rings is 2. The highest BCUT2D eigenvalue weighted by Gasteiger charge is 2.31. The second-order valence-electron chi connectivity index (χ2n) is 13.8. The number of hydrogen-bond acceptors (Lipinski definition) is 9. The number of benzene rings is 2. The van der Waals surface area contributed by atoms with Crippen molar-refractivity contribution in [3.8, 4) is 5.75 Å². The number of rotatable bonds is 10. The van der Waals surface area contributed by atoms with Crippen molar-refractivity contribution in [2.75, 3.05) is 19.6 Å². The largest absolute Gasteiger partial charge is 0.507 e. The van der Waals surface area contributed by atoms with Crippen LogP contribution in [0.5, 0.6) is 5.75 Å². The van der Waals surface area contributed by atoms with Crippen molar-refractivity contribution < 1.29 is 14.7 Å². The van der Waals surface area contributed by atoms with Gasteiger partial charge in [0, 0.05) is 59.4 Å². The van der Waals surface area contributed by atoms with Crippen LogP contribution in [-0.2, 0) is 16.0 Å². The number of hydrazine groups is 1. The zero-order chi connectivity index (χ0) is 34.9. The van der Waals surface area contributed by atoms with Gasteiger partial charge in [-0.3, -0.25) is 30.4 Å². The molecule has 6 heterocycles. The van der Waals surface area contributed by atoms with Crippen LogP contribution in [0.1, 0.15) is 73.7 Å². The van der Waals surface area contributed by atoms with Crippen LogP contribution in [0.3, 0.4) is 0 Å². The lowest BCUT2D eigenvalue weighted by molar-refractivity contribution is -0.135. The van der Waals surface area contributed by atoms with Crippen molar-refractivity contribution in [3.05, 3.63) is 102 Å². The first-order valence-electron chi connectivity index (χ1n) is 17.9. The van der Waals surface area contributed by atoms with Crippen LogP contribution in [0.2, 0.25) is 0 Å². The maximum absolute atomic E-state index is 12.9. The molecular weight excluding hydrogens is 642 g/mol. The third-order valence-electron chi connectivity index (χ3n) is 10.6. The van der Waals surface area contributed by atoms with Gasteiger partial charge in [0.25, 0.3) is 0 Å². The van der Waals surface area contributed by atoms with Gasteiger partial charge in [0.05, 0.1) is 23.5 Å². The molecule has 3 aliphatic rings. The molecule has 12 nitrogen and oxygen atoms in total. The Balaban J connectivity index is 0.851. The van der Waals surface area contributed by atoms with E-state index in [0.717, 1.165) is 96.9 Å². The van der Waals surface area contributed by atoms with Gasteiger partial charge in [0.1, 0.15) is 23.3 Å². The predicted molar refractivity (Wildman–Crippen MR) is 197 cm³/mol. The molecule has 6 N–H and O–H groups in total. The summed E-state index contributed by atoms with van der Waals surface area (Å²) in [6.07, 6.45) is 14.9. The molecule has 0 aliphatic carbocycles. The van der Waals surface area contributed by atoms with E-state index < -0.39 is 6.04 Å². The van der Waals surface area contributed by atoms with E-state index in [9.17, 15) is 14.7 Å². The number of aromatic nitrogens is 4. The number of aromatic hydroxyl groups is 1. The number of nitrogens with one attached hydrogen (secondary N) is 3. The molecule has 3 aliphatic heterocycles. The molecule has 12 heteroatoms. The van der Waals surface area contributed by atoms with E-state index in [1.54, 1.807) is 18.3 Å². The van der Waals surface area contributed by atoms with Gasteiger partial charge in [-0.05, 0) is 87.0 Å². The summed E-state index contributed by atoms with van der Waals surface area (Å²) in [5.74, 6) is 0.241. The normalized spacial score (nSPS) is 18.9. The summed E-state index contributed by atoms with van der Waals surface area (Å²) in [5, 5.41) is 19.8. The average Bonchev–Trinajstić information content (AvgIpc) is 3.77. The van der Waals surface area contributed by atoms with Gasteiger partial charge >= 0.3 is 0 Å². The Morgan fingerprint density at radius 2 is 1.80 bits per heavy atom. The van der Waals surface area contributed by atoms with Gasteiger partial charge in [-0.2, -0.15) is 5.10 Å². The van der Waals surface area contributed by atoms with Crippen molar-refractivity contribution in [1.29, 1.82) is 0 Å². The molecule has 5 aromatic rings. The third kappa shape index (κ3) is 6.43. The third-order valence-corrected chi connectivity index (χ3v) is 10.6. The lowest BCUT2D eigenvalue weighted by Gasteiger charge is -2.32. The minimum absolute atomic E-state index is 0.198. The minimum atomic E-state index is -0.447. The monoisotopic (exact) mass is 685 g/mol. The molecule has 0 bridgehead atoms. The maximum atomic E-state index is 12.9. The topological polar surface area (TPSA) is 155 Å². The van der Waals surface area contributed by atoms with Crippen molar-refractivity contribution in [3.63, 3.8) is 0 Å². The van der Waals surface area contributed by atoms with Crippen LogP contribution in [0.4, 0.5) is 0 Å². The Kier molecular flexibility index (Phi) is 8.91. The molecular formula is C39H43N9O3. The molecule has 1 unspecified atom stereocenters. The van der Waals surface area contributed by atoms with Crippen molar-refractivity contribution in [2.45, 2.75) is 63.5 Å². The fourth-order valence-corrected chi connectivity index (χ4v) is 7.91. The molecule has 8 rings (SSSR count). The first kappa shape index (κ1) is 32.6. The Hall–Kier alpha value is -5.62. The van der Waals surface area contributed by atoms with Gasteiger partial charge in [-0.25, -0.2) is 4.98 Å². The van der Waals surface area contributed by atoms with Gasteiger partial charge < -0.3 is 20.3 Å². The zero-order valence-electron chi connectivity index (χ0n) is 28.5. The molecule has 51 heavy (non-hydrogen) atoms. The number of amides is 2. The fourth-order valence-electron chi connectivity index (χ4n) is 7.91. The molecule has 0 radical (unpaired) electrons. The zero-order valence-corrected chi connectivity index (χ0v) is 28.5. The van der Waals surface area contributed by atoms with E-state index in [2.05, 4.69) is 61.2 Å². The number of aryl methyl sites for hydroxylation is 1. The predicted octanol–water partition coefficient (Wildman–Crippen LogP) is 4.90. The van der Waals surface area contributed by atoms with Gasteiger partial charge in [-0.1, -0.05) is 30.7 Å². The second-order valence-corrected chi connectivity index (χ2v) is 13.8. The van der Waals surface area contributed by atoms with E-state index in [1.165, 1.54) is 5.56 Å². The van der Waals surface area contributed by atoms with Crippen molar-refractivity contribution >= 4 is 45.0 Å². The quantitative estimate of drug-likeness (QED) is 0.102. The summed E-state index contributed by atoms with van der Waals surface area (Å²) >= 11 is 0. The second kappa shape index (κ2) is 13.9. The molecule has 0 spiro atoms. The molecule has 2 fully saturated rings. The average molecular weight is 686 g/mol. The lowest BCUT2D eigenvalue weighted by atomic mass is 10.0. The number of nitrogens with two attached hydrogens (primary N) is 1. The highest BCUT2D eigenvalue weighted by Crippen LogP contribution is 2.36. The number of fused-ring (bicyclic) bond motifs is 3. The summed E-state index contributed by atoms with van der Waals surface area (Å²) in [4.78, 5) is 32.0. The van der Waals surface area contributed by atoms with Crippen LogP contribution >= 0.6 is 0 Å². The standard InChI is InChI=1S/C39H43N9O3/c40-37-30(22-31(44-45-37)28-10-3-4-13-34(28)49)26-23-42-47(24-26)27-16-20-46(21-17-27)19-5-1-2-8-25-9-6-12-32-36(25)29-11-7-18-41-38(29)48(32)33-14-15-35(50)43-39(33)51/h3-4,6-7,9-13,18,22-24,27,33,44-45,49H,1-2,5,8,14-17,19-21,40H2,(H,43,50,51). The SMILES string of the molecule is NC1=C(c2cnn(C3CCN(CCCCCc4cccc5c4c4cccnc4n5C4CCC(=O)NC4=O)CC3)c2)C=C(c2ccccc2O)NN1. The number of unbranched alkanes of at least 4 members (excludes halogenated alkanes) is 2. The van der Waals surface area contributed by atoms with Gasteiger partial charge in [0.2, 0.25) is 11.8 Å². The highest BCUT2D eigenvalue weighted by molar-refractivity contribution is 6.10. The Morgan fingerprint density at radius 1 is 0.941 bits per heavy atom. The Labute approximate surface area is 296 Å². The van der Waals surface area contributed by atoms with Crippen LogP contribution in [0.25, 0.3) is 33.2 Å². The summed E-state index contributed by atoms with van der Waals surface area (Å²) in [6.45, 7) is 3.17. The molecule has 1 atom stereocenters. The smallest absolute Gasteiger partial charge is 0.249 e. The number of hydrogen-bond donors (Lipinski definition) is 5. The van der Waals surface area contributed by atoms with E-state index in [-0.39, 0.29) is 17.6 Å². The van der Waals surface area contributed by atoms with Crippen molar-refractivity contribution in [1.82, 2.24) is 40.4 Å². The number of pyridine rings is 1. The van der Waals surface area contributed by atoms with E-state index in [4.69, 9.17) is 10.8 Å². The highest BCUT2D eigenvalue weighted by atomic mass is 16.3. The molecule has 2 saturated heterocycles. The molecule has 0 saturated carbocycles. The lowest BCUT2D eigenvalue weighted by Crippen LogP contribution is -2.41. The van der Waals surface area contributed by atoms with Crippen LogP contribution < -0.4 is 21.9 Å². The molecule has 262 valence electrons. The fraction of sp³-hybridized carbons (Fsp3) is 0.333. The van der Waals surface area contributed by atoms with Crippen LogP contribution in [-0.4, -0.2) is 60.8 Å². The molecule has 2 aromatic carbocycles. The number of likely N-dealkylation sites (tertiary alicyclic amines) is 1. The Bertz CT molecular complexity index is 2170. The Morgan fingerprint density at radius 3 is 2.65 bits per heavy atom. The van der Waals surface area contributed by atoms with Gasteiger partial charge in [0.15, 0.2) is 0 Å². The number of para-hydroxylation sites is 1. The summed E-state index contributed by atoms with van der Waals surface area (Å²) in [7, 11) is 0. The number of phenols is 1. The number of imide groups is 1. The summed E-state index contributed by atoms with van der Waals surface area (Å²) in [5.41, 5.74) is 18.7. The van der Waals surface area contributed by atoms with E-state index >= 15 is 0 Å². The van der Waals surface area contributed by atoms with E-state index in [1.807, 2.05) is 35.0 Å². The molecule has 2 amide bonds. The van der Waals surface area contributed by atoms with Crippen LogP contribution in [0.15, 0.2) is 85.1 Å². The van der Waals surface area contributed by atoms with Crippen molar-refractivity contribution in [2.24, 2.45) is 5.73 Å². The van der Waals surface area contributed by atoms with Gasteiger partial charge in [-0.15, -0.1) is 0 Å². The maximum Gasteiger partial charge on any atom is 0.249 e. The first-order valence-corrected chi connectivity index (χ1v) is 17.9. The number of phenolic OH excluding ortho intramolecular Hbond substituents is 1. The first-order chi connectivity index (χ1) is 24.9. The number of carbonyl (C=O) groups excluding carboxylic acids is 2. The summed E-state index contributed by atoms with van der Waals surface area (Å²) in [6, 6.07) is 17.5. The number of carbonyl (C=O) groups is 2.